The quantitative estimate of drug-likeness (QED) is 0.627. The molecule has 1 fully saturated rings. The average Bonchev–Trinajstić information content (AvgIpc) is 3.05. The van der Waals surface area contributed by atoms with E-state index in [1.54, 1.807) is 34.9 Å². The van der Waals surface area contributed by atoms with Gasteiger partial charge in [-0.25, -0.2) is 0 Å². The summed E-state index contributed by atoms with van der Waals surface area (Å²) in [6.45, 7) is 4.11. The third kappa shape index (κ3) is 4.12. The van der Waals surface area contributed by atoms with Crippen LogP contribution in [-0.2, 0) is 9.53 Å². The second-order valence-corrected chi connectivity index (χ2v) is 8.97. The molecule has 118 valence electrons. The minimum atomic E-state index is -0.548. The fourth-order valence-electron chi connectivity index (χ4n) is 2.69. The molecular weight excluding hydrogens is 326 g/mol. The van der Waals surface area contributed by atoms with Crippen LogP contribution < -0.4 is 5.32 Å². The highest BCUT2D eigenvalue weighted by Crippen LogP contribution is 2.42. The number of ether oxygens (including phenoxy) is 1. The highest BCUT2D eigenvalue weighted by molar-refractivity contribution is 8.03. The van der Waals surface area contributed by atoms with Crippen molar-refractivity contribution in [3.05, 3.63) is 0 Å². The molecule has 1 N–H and O–H groups in total. The van der Waals surface area contributed by atoms with E-state index in [0.717, 1.165) is 27.9 Å². The lowest BCUT2D eigenvalue weighted by Gasteiger charge is -2.29. The van der Waals surface area contributed by atoms with Crippen LogP contribution in [0.15, 0.2) is 8.68 Å². The second-order valence-electron chi connectivity index (χ2n) is 5.39. The van der Waals surface area contributed by atoms with Gasteiger partial charge in [0, 0.05) is 11.3 Å². The maximum absolute atomic E-state index is 12.2. The molecule has 5 nitrogen and oxygen atoms in total. The molecule has 0 bridgehead atoms. The Kier molecular flexibility index (Phi) is 5.93. The van der Waals surface area contributed by atoms with Crippen LogP contribution in [-0.4, -0.2) is 46.4 Å². The van der Waals surface area contributed by atoms with Crippen molar-refractivity contribution in [1.82, 2.24) is 15.5 Å². The van der Waals surface area contributed by atoms with Crippen molar-refractivity contribution in [2.45, 2.75) is 58.6 Å². The summed E-state index contributed by atoms with van der Waals surface area (Å²) >= 11 is 4.95. The molecule has 1 aliphatic rings. The van der Waals surface area contributed by atoms with E-state index in [4.69, 9.17) is 4.74 Å². The molecule has 1 aliphatic carbocycles. The maximum Gasteiger partial charge on any atom is 0.326 e. The number of aromatic nitrogens is 2. The summed E-state index contributed by atoms with van der Waals surface area (Å²) in [5, 5.41) is 12.1. The van der Waals surface area contributed by atoms with E-state index in [1.807, 2.05) is 6.26 Å². The van der Waals surface area contributed by atoms with E-state index in [1.165, 1.54) is 7.11 Å². The number of esters is 1. The summed E-state index contributed by atoms with van der Waals surface area (Å²) in [5.74, 6) is -0.152. The minimum Gasteiger partial charge on any atom is -0.468 e. The second kappa shape index (κ2) is 7.30. The molecule has 0 saturated heterocycles. The molecule has 1 saturated carbocycles. The van der Waals surface area contributed by atoms with Crippen LogP contribution in [0.5, 0.6) is 0 Å². The molecule has 0 spiro atoms. The Morgan fingerprint density at radius 2 is 2.19 bits per heavy atom. The van der Waals surface area contributed by atoms with Gasteiger partial charge < -0.3 is 4.74 Å². The number of nitrogens with zero attached hydrogens (tertiary/aromatic N) is 2. The molecule has 0 aromatic carbocycles. The number of hydrogen-bond acceptors (Lipinski definition) is 8. The van der Waals surface area contributed by atoms with Gasteiger partial charge in [-0.05, 0) is 39.4 Å². The van der Waals surface area contributed by atoms with Crippen molar-refractivity contribution < 1.29 is 9.53 Å². The Morgan fingerprint density at radius 1 is 1.48 bits per heavy atom. The average molecular weight is 348 g/mol. The topological polar surface area (TPSA) is 64.1 Å². The van der Waals surface area contributed by atoms with E-state index < -0.39 is 5.54 Å². The van der Waals surface area contributed by atoms with Crippen LogP contribution in [0.2, 0.25) is 0 Å². The van der Waals surface area contributed by atoms with Crippen LogP contribution in [0, 0.1) is 0 Å². The van der Waals surface area contributed by atoms with Gasteiger partial charge in [-0.2, -0.15) is 0 Å². The fourth-order valence-corrected chi connectivity index (χ4v) is 5.67. The first-order chi connectivity index (χ1) is 9.99. The van der Waals surface area contributed by atoms with Gasteiger partial charge in [-0.3, -0.25) is 10.1 Å². The molecule has 2 atom stereocenters. The van der Waals surface area contributed by atoms with Gasteiger partial charge in [-0.1, -0.05) is 34.9 Å². The van der Waals surface area contributed by atoms with Crippen molar-refractivity contribution in [2.75, 3.05) is 13.4 Å². The molecule has 1 aromatic heterocycles. The number of carbonyl (C=O) groups is 1. The lowest BCUT2D eigenvalue weighted by molar-refractivity contribution is -0.148. The zero-order valence-corrected chi connectivity index (χ0v) is 15.2. The molecule has 1 heterocycles. The predicted molar refractivity (Wildman–Crippen MR) is 88.2 cm³/mol. The van der Waals surface area contributed by atoms with Crippen LogP contribution in [0.4, 0.5) is 0 Å². The SMILES string of the molecule is COC(=O)C1(NC(C)C)CCC(Sc2nnc(SC)s2)C1. The first-order valence-corrected chi connectivity index (χ1v) is 9.81. The Morgan fingerprint density at radius 3 is 2.76 bits per heavy atom. The van der Waals surface area contributed by atoms with Gasteiger partial charge in [0.1, 0.15) is 5.54 Å². The molecule has 0 aliphatic heterocycles. The van der Waals surface area contributed by atoms with Gasteiger partial charge >= 0.3 is 5.97 Å². The predicted octanol–water partition coefficient (Wildman–Crippen LogP) is 2.81. The Hall–Kier alpha value is -0.310. The number of thioether (sulfide) groups is 2. The summed E-state index contributed by atoms with van der Waals surface area (Å²) in [4.78, 5) is 12.2. The number of nitrogens with one attached hydrogen (secondary N) is 1. The normalized spacial score (nSPS) is 25.5. The maximum atomic E-state index is 12.2. The van der Waals surface area contributed by atoms with Crippen LogP contribution in [0.3, 0.4) is 0 Å². The Balaban J connectivity index is 2.03. The summed E-state index contributed by atoms with van der Waals surface area (Å²) in [6, 6.07) is 0.248. The third-order valence-corrected chi connectivity index (χ3v) is 6.69. The standard InChI is InChI=1S/C13H21N3O2S3/c1-8(2)14-13(10(17)18-3)6-5-9(7-13)20-12-16-15-11(19-4)21-12/h8-9,14H,5-7H2,1-4H3. The summed E-state index contributed by atoms with van der Waals surface area (Å²) < 4.78 is 6.98. The zero-order valence-electron chi connectivity index (χ0n) is 12.7. The Bertz CT molecular complexity index is 495. The molecular formula is C13H21N3O2S3. The van der Waals surface area contributed by atoms with Gasteiger partial charge in [0.2, 0.25) is 0 Å². The lowest BCUT2D eigenvalue weighted by atomic mass is 9.97. The molecule has 0 amide bonds. The molecule has 2 unspecified atom stereocenters. The van der Waals surface area contributed by atoms with Crippen molar-refractivity contribution >= 4 is 40.8 Å². The van der Waals surface area contributed by atoms with E-state index in [0.29, 0.717) is 5.25 Å². The Labute approximate surface area is 138 Å². The minimum absolute atomic E-state index is 0.152. The van der Waals surface area contributed by atoms with Crippen molar-refractivity contribution in [3.63, 3.8) is 0 Å². The van der Waals surface area contributed by atoms with Gasteiger partial charge in [0.15, 0.2) is 8.68 Å². The van der Waals surface area contributed by atoms with Gasteiger partial charge in [-0.15, -0.1) is 10.2 Å². The van der Waals surface area contributed by atoms with Crippen molar-refractivity contribution in [3.8, 4) is 0 Å². The monoisotopic (exact) mass is 347 g/mol. The van der Waals surface area contributed by atoms with Crippen molar-refractivity contribution in [2.24, 2.45) is 0 Å². The lowest BCUT2D eigenvalue weighted by Crippen LogP contribution is -2.53. The summed E-state index contributed by atoms with van der Waals surface area (Å²) in [5.41, 5.74) is -0.548. The van der Waals surface area contributed by atoms with E-state index in [-0.39, 0.29) is 12.0 Å². The summed E-state index contributed by atoms with van der Waals surface area (Å²) in [6.07, 6.45) is 4.56. The van der Waals surface area contributed by atoms with Crippen LogP contribution >= 0.6 is 34.9 Å². The van der Waals surface area contributed by atoms with Crippen molar-refractivity contribution in [1.29, 1.82) is 0 Å². The van der Waals surface area contributed by atoms with E-state index in [2.05, 4.69) is 29.4 Å². The molecule has 21 heavy (non-hydrogen) atoms. The number of rotatable bonds is 6. The van der Waals surface area contributed by atoms with Crippen LogP contribution in [0.1, 0.15) is 33.1 Å². The van der Waals surface area contributed by atoms with E-state index in [9.17, 15) is 4.79 Å². The number of hydrogen-bond donors (Lipinski definition) is 1. The summed E-state index contributed by atoms with van der Waals surface area (Å²) in [7, 11) is 1.46. The van der Waals surface area contributed by atoms with Gasteiger partial charge in [0.25, 0.3) is 0 Å². The van der Waals surface area contributed by atoms with Gasteiger partial charge in [0.05, 0.1) is 7.11 Å². The number of carbonyl (C=O) groups excluding carboxylic acids is 1. The highest BCUT2D eigenvalue weighted by Gasteiger charge is 2.47. The number of methoxy groups -OCH3 is 1. The third-order valence-electron chi connectivity index (χ3n) is 3.44. The highest BCUT2D eigenvalue weighted by atomic mass is 32.2. The fraction of sp³-hybridized carbons (Fsp3) is 0.769. The molecule has 2 rings (SSSR count). The molecule has 8 heteroatoms. The zero-order chi connectivity index (χ0) is 15.5. The first kappa shape index (κ1) is 17.1. The van der Waals surface area contributed by atoms with Crippen LogP contribution in [0.25, 0.3) is 0 Å². The largest absolute Gasteiger partial charge is 0.468 e. The smallest absolute Gasteiger partial charge is 0.326 e. The van der Waals surface area contributed by atoms with E-state index >= 15 is 0 Å². The molecule has 1 aromatic rings. The molecule has 0 radical (unpaired) electrons. The first-order valence-electron chi connectivity index (χ1n) is 6.89.